The van der Waals surface area contributed by atoms with E-state index in [1.807, 2.05) is 41.3 Å². The van der Waals surface area contributed by atoms with Gasteiger partial charge in [-0.25, -0.2) is 0 Å². The lowest BCUT2D eigenvalue weighted by Gasteiger charge is -2.21. The van der Waals surface area contributed by atoms with Gasteiger partial charge in [0.05, 0.1) is 0 Å². The van der Waals surface area contributed by atoms with Crippen LogP contribution < -0.4 is 10.5 Å². The molecule has 1 fully saturated rings. The topological polar surface area (TPSA) is 55.6 Å². The minimum atomic E-state index is 0.0914. The Morgan fingerprint density at radius 3 is 2.29 bits per heavy atom. The molecule has 0 aromatic heterocycles. The van der Waals surface area contributed by atoms with Gasteiger partial charge in [0.15, 0.2) is 0 Å². The number of benzene rings is 2. The summed E-state index contributed by atoms with van der Waals surface area (Å²) in [6.07, 6.45) is 0.988. The van der Waals surface area contributed by atoms with E-state index in [0.29, 0.717) is 19.1 Å². The molecule has 0 radical (unpaired) electrons. The standard InChI is InChI=1S/C24H32N2O2/c1-17-13-19(14-25)15-26(17)23(27)20-7-5-18(6-8-20)16-28-22-11-9-21(10-12-22)24(2,3)4/h5-12,17,19H,13-16,25H2,1-4H3. The molecule has 28 heavy (non-hydrogen) atoms. The molecule has 2 N–H and O–H groups in total. The molecular weight excluding hydrogens is 348 g/mol. The molecule has 2 atom stereocenters. The van der Waals surface area contributed by atoms with E-state index in [1.54, 1.807) is 0 Å². The van der Waals surface area contributed by atoms with Gasteiger partial charge in [0.1, 0.15) is 12.4 Å². The zero-order chi connectivity index (χ0) is 20.3. The second kappa shape index (κ2) is 8.36. The molecule has 2 aromatic rings. The SMILES string of the molecule is CC1CC(CN)CN1C(=O)c1ccc(COc2ccc(C(C)(C)C)cc2)cc1. The first-order valence-electron chi connectivity index (χ1n) is 10.1. The number of likely N-dealkylation sites (tertiary alicyclic amines) is 1. The number of hydrogen-bond acceptors (Lipinski definition) is 3. The average molecular weight is 381 g/mol. The van der Waals surface area contributed by atoms with Gasteiger partial charge in [0.25, 0.3) is 5.91 Å². The maximum atomic E-state index is 12.8. The number of hydrogen-bond donors (Lipinski definition) is 1. The summed E-state index contributed by atoms with van der Waals surface area (Å²) in [5.74, 6) is 1.36. The summed E-state index contributed by atoms with van der Waals surface area (Å²) in [5, 5.41) is 0. The van der Waals surface area contributed by atoms with Crippen LogP contribution in [0.5, 0.6) is 5.75 Å². The monoisotopic (exact) mass is 380 g/mol. The summed E-state index contributed by atoms with van der Waals surface area (Å²) in [7, 11) is 0. The van der Waals surface area contributed by atoms with Crippen molar-refractivity contribution >= 4 is 5.91 Å². The number of nitrogens with two attached hydrogens (primary N) is 1. The molecule has 1 amide bonds. The van der Waals surface area contributed by atoms with Crippen LogP contribution in [-0.4, -0.2) is 29.9 Å². The zero-order valence-corrected chi connectivity index (χ0v) is 17.4. The van der Waals surface area contributed by atoms with Crippen molar-refractivity contribution in [3.05, 3.63) is 65.2 Å². The Bertz CT molecular complexity index is 791. The van der Waals surface area contributed by atoms with Crippen molar-refractivity contribution in [1.29, 1.82) is 0 Å². The number of carbonyl (C=O) groups is 1. The lowest BCUT2D eigenvalue weighted by atomic mass is 9.87. The minimum Gasteiger partial charge on any atom is -0.489 e. The summed E-state index contributed by atoms with van der Waals surface area (Å²) >= 11 is 0. The van der Waals surface area contributed by atoms with Crippen LogP contribution in [0.2, 0.25) is 0 Å². The quantitative estimate of drug-likeness (QED) is 0.838. The third kappa shape index (κ3) is 4.74. The second-order valence-electron chi connectivity index (χ2n) is 8.90. The van der Waals surface area contributed by atoms with Crippen LogP contribution in [-0.2, 0) is 12.0 Å². The predicted molar refractivity (Wildman–Crippen MR) is 114 cm³/mol. The smallest absolute Gasteiger partial charge is 0.254 e. The molecule has 3 rings (SSSR count). The lowest BCUT2D eigenvalue weighted by molar-refractivity contribution is 0.0743. The number of nitrogens with zero attached hydrogens (tertiary/aromatic N) is 1. The molecule has 2 unspecified atom stereocenters. The van der Waals surface area contributed by atoms with E-state index in [4.69, 9.17) is 10.5 Å². The molecule has 1 saturated heterocycles. The molecular formula is C24H32N2O2. The van der Waals surface area contributed by atoms with E-state index < -0.39 is 0 Å². The van der Waals surface area contributed by atoms with Gasteiger partial charge in [0, 0.05) is 18.2 Å². The maximum absolute atomic E-state index is 12.8. The fourth-order valence-electron chi connectivity index (χ4n) is 3.72. The van der Waals surface area contributed by atoms with Gasteiger partial charge in [-0.2, -0.15) is 0 Å². The van der Waals surface area contributed by atoms with E-state index in [9.17, 15) is 4.79 Å². The van der Waals surface area contributed by atoms with Crippen molar-refractivity contribution in [2.24, 2.45) is 11.7 Å². The first-order valence-corrected chi connectivity index (χ1v) is 10.1. The molecule has 4 nitrogen and oxygen atoms in total. The fourth-order valence-corrected chi connectivity index (χ4v) is 3.72. The molecule has 0 aliphatic carbocycles. The van der Waals surface area contributed by atoms with Gasteiger partial charge >= 0.3 is 0 Å². The summed E-state index contributed by atoms with van der Waals surface area (Å²) in [4.78, 5) is 14.7. The first kappa shape index (κ1) is 20.4. The Balaban J connectivity index is 1.58. The van der Waals surface area contributed by atoms with Crippen LogP contribution in [0.3, 0.4) is 0 Å². The van der Waals surface area contributed by atoms with E-state index in [-0.39, 0.29) is 17.4 Å². The van der Waals surface area contributed by atoms with Gasteiger partial charge in [-0.15, -0.1) is 0 Å². The van der Waals surface area contributed by atoms with Crippen LogP contribution in [0, 0.1) is 5.92 Å². The molecule has 1 aliphatic rings. The second-order valence-corrected chi connectivity index (χ2v) is 8.90. The third-order valence-corrected chi connectivity index (χ3v) is 5.58. The largest absolute Gasteiger partial charge is 0.489 e. The molecule has 1 aliphatic heterocycles. The molecule has 0 bridgehead atoms. The van der Waals surface area contributed by atoms with Crippen molar-refractivity contribution < 1.29 is 9.53 Å². The number of rotatable bonds is 5. The van der Waals surface area contributed by atoms with Gasteiger partial charge in [-0.3, -0.25) is 4.79 Å². The molecule has 150 valence electrons. The highest BCUT2D eigenvalue weighted by molar-refractivity contribution is 5.94. The molecule has 0 spiro atoms. The van der Waals surface area contributed by atoms with Gasteiger partial charge in [0.2, 0.25) is 0 Å². The molecule has 1 heterocycles. The van der Waals surface area contributed by atoms with Gasteiger partial charge in [-0.05, 0) is 66.6 Å². The van der Waals surface area contributed by atoms with Crippen LogP contribution in [0.15, 0.2) is 48.5 Å². The molecule has 2 aromatic carbocycles. The fraction of sp³-hybridized carbons (Fsp3) is 0.458. The third-order valence-electron chi connectivity index (χ3n) is 5.58. The highest BCUT2D eigenvalue weighted by Gasteiger charge is 2.31. The Morgan fingerprint density at radius 2 is 1.75 bits per heavy atom. The highest BCUT2D eigenvalue weighted by Crippen LogP contribution is 2.26. The van der Waals surface area contributed by atoms with Crippen LogP contribution >= 0.6 is 0 Å². The Labute approximate surface area is 168 Å². The normalized spacial score (nSPS) is 19.7. The van der Waals surface area contributed by atoms with Crippen molar-refractivity contribution in [3.8, 4) is 5.75 Å². The van der Waals surface area contributed by atoms with Crippen molar-refractivity contribution in [2.45, 2.75) is 52.2 Å². The summed E-state index contributed by atoms with van der Waals surface area (Å²) in [6, 6.07) is 16.2. The van der Waals surface area contributed by atoms with Crippen LogP contribution in [0.4, 0.5) is 0 Å². The number of amides is 1. The average Bonchev–Trinajstić information content (AvgIpc) is 3.06. The Kier molecular flexibility index (Phi) is 6.09. The van der Waals surface area contributed by atoms with Crippen LogP contribution in [0.1, 0.15) is 55.6 Å². The van der Waals surface area contributed by atoms with Gasteiger partial charge in [-0.1, -0.05) is 45.0 Å². The van der Waals surface area contributed by atoms with Crippen molar-refractivity contribution in [3.63, 3.8) is 0 Å². The highest BCUT2D eigenvalue weighted by atomic mass is 16.5. The first-order chi connectivity index (χ1) is 13.3. The number of ether oxygens (including phenoxy) is 1. The Morgan fingerprint density at radius 1 is 1.11 bits per heavy atom. The summed E-state index contributed by atoms with van der Waals surface area (Å²) in [5.41, 5.74) is 8.97. The van der Waals surface area contributed by atoms with E-state index >= 15 is 0 Å². The van der Waals surface area contributed by atoms with Crippen molar-refractivity contribution in [2.75, 3.05) is 13.1 Å². The Hall–Kier alpha value is -2.33. The van der Waals surface area contributed by atoms with Gasteiger partial charge < -0.3 is 15.4 Å². The lowest BCUT2D eigenvalue weighted by Crippen LogP contribution is -2.34. The summed E-state index contributed by atoms with van der Waals surface area (Å²) < 4.78 is 5.90. The number of carbonyl (C=O) groups excluding carboxylic acids is 1. The van der Waals surface area contributed by atoms with Crippen molar-refractivity contribution in [1.82, 2.24) is 4.90 Å². The molecule has 4 heteroatoms. The molecule has 0 saturated carbocycles. The summed E-state index contributed by atoms with van der Waals surface area (Å²) in [6.45, 7) is 10.6. The van der Waals surface area contributed by atoms with E-state index in [0.717, 1.165) is 29.8 Å². The maximum Gasteiger partial charge on any atom is 0.254 e. The predicted octanol–water partition coefficient (Wildman–Crippen LogP) is 4.37. The zero-order valence-electron chi connectivity index (χ0n) is 17.4. The van der Waals surface area contributed by atoms with E-state index in [1.165, 1.54) is 5.56 Å². The minimum absolute atomic E-state index is 0.0914. The van der Waals surface area contributed by atoms with Crippen LogP contribution in [0.25, 0.3) is 0 Å². The van der Waals surface area contributed by atoms with E-state index in [2.05, 4.69) is 39.8 Å².